The molecule has 96 valence electrons. The van der Waals surface area contributed by atoms with Gasteiger partial charge in [0.25, 0.3) is 0 Å². The fourth-order valence-electron chi connectivity index (χ4n) is 3.16. The first-order chi connectivity index (χ1) is 8.30. The minimum absolute atomic E-state index is 0.0950. The largest absolute Gasteiger partial charge is 0.303 e. The Bertz CT molecular complexity index is 273. The van der Waals surface area contributed by atoms with Crippen molar-refractivity contribution in [3.8, 4) is 0 Å². The van der Waals surface area contributed by atoms with Crippen molar-refractivity contribution in [2.24, 2.45) is 17.3 Å². The monoisotopic (exact) mass is 252 g/mol. The van der Waals surface area contributed by atoms with E-state index in [1.54, 1.807) is 0 Å². The Kier molecular flexibility index (Phi) is 3.52. The van der Waals surface area contributed by atoms with Crippen LogP contribution in [0.4, 0.5) is 0 Å². The van der Waals surface area contributed by atoms with Crippen molar-refractivity contribution in [1.29, 1.82) is 0 Å². The number of hydrogen-bond donors (Lipinski definition) is 0. The molecule has 3 rings (SSSR count). The molecule has 0 aliphatic heterocycles. The van der Waals surface area contributed by atoms with Crippen LogP contribution in [0.2, 0.25) is 0 Å². The molecule has 0 aromatic heterocycles. The highest BCUT2D eigenvalue weighted by atomic mass is 32.2. The summed E-state index contributed by atoms with van der Waals surface area (Å²) in [5.74, 6) is 3.33. The van der Waals surface area contributed by atoms with Gasteiger partial charge in [-0.25, -0.2) is 0 Å². The summed E-state index contributed by atoms with van der Waals surface area (Å²) < 4.78 is 0. The molecule has 0 unspecified atom stereocenters. The van der Waals surface area contributed by atoms with E-state index in [4.69, 9.17) is 0 Å². The molecule has 0 aromatic rings. The van der Waals surface area contributed by atoms with Crippen molar-refractivity contribution in [1.82, 2.24) is 0 Å². The normalized spacial score (nSPS) is 38.0. The van der Waals surface area contributed by atoms with Crippen LogP contribution in [-0.2, 0) is 4.79 Å². The zero-order valence-electron chi connectivity index (χ0n) is 10.7. The lowest BCUT2D eigenvalue weighted by atomic mass is 9.72. The molecule has 0 bridgehead atoms. The van der Waals surface area contributed by atoms with Gasteiger partial charge in [-0.3, -0.25) is 0 Å². The van der Waals surface area contributed by atoms with Crippen molar-refractivity contribution >= 4 is 18.0 Å². The van der Waals surface area contributed by atoms with Crippen LogP contribution in [0.25, 0.3) is 0 Å². The molecule has 0 N–H and O–H groups in total. The van der Waals surface area contributed by atoms with Gasteiger partial charge in [0, 0.05) is 10.7 Å². The average Bonchev–Trinajstić information content (AvgIpc) is 3.23. The Morgan fingerprint density at radius 3 is 2.18 bits per heavy atom. The topological polar surface area (TPSA) is 17.1 Å². The van der Waals surface area contributed by atoms with Gasteiger partial charge in [0.1, 0.15) is 6.29 Å². The van der Waals surface area contributed by atoms with Crippen LogP contribution >= 0.6 is 11.8 Å². The first-order valence-corrected chi connectivity index (χ1v) is 8.42. The molecule has 0 saturated heterocycles. The molecule has 3 saturated carbocycles. The lowest BCUT2D eigenvalue weighted by Gasteiger charge is -2.36. The van der Waals surface area contributed by atoms with Crippen LogP contribution in [0.1, 0.15) is 57.8 Å². The minimum atomic E-state index is 0.0950. The quantitative estimate of drug-likeness (QED) is 0.663. The van der Waals surface area contributed by atoms with E-state index in [0.717, 1.165) is 17.1 Å². The van der Waals surface area contributed by atoms with Gasteiger partial charge in [-0.15, -0.1) is 0 Å². The van der Waals surface area contributed by atoms with Gasteiger partial charge >= 0.3 is 0 Å². The van der Waals surface area contributed by atoms with E-state index in [-0.39, 0.29) is 5.41 Å². The van der Waals surface area contributed by atoms with Crippen molar-refractivity contribution in [3.05, 3.63) is 0 Å². The summed E-state index contributed by atoms with van der Waals surface area (Å²) in [4.78, 5) is 11.4. The Hall–Kier alpha value is 0.0200. The average molecular weight is 252 g/mol. The third-order valence-corrected chi connectivity index (χ3v) is 6.44. The van der Waals surface area contributed by atoms with Gasteiger partial charge in [-0.05, 0) is 62.5 Å². The van der Waals surface area contributed by atoms with Crippen molar-refractivity contribution in [2.45, 2.75) is 63.0 Å². The van der Waals surface area contributed by atoms with Gasteiger partial charge in [-0.1, -0.05) is 12.8 Å². The highest BCUT2D eigenvalue weighted by Gasteiger charge is 2.40. The van der Waals surface area contributed by atoms with Gasteiger partial charge in [0.05, 0.1) is 0 Å². The molecule has 3 fully saturated rings. The van der Waals surface area contributed by atoms with Crippen LogP contribution < -0.4 is 0 Å². The second kappa shape index (κ2) is 4.95. The number of rotatable bonds is 6. The van der Waals surface area contributed by atoms with Crippen LogP contribution in [0.3, 0.4) is 0 Å². The molecule has 2 heteroatoms. The SMILES string of the molecule is O=CC1(CC2CC2)CCC(SCC2CC2)CC1. The van der Waals surface area contributed by atoms with Gasteiger partial charge < -0.3 is 4.79 Å². The van der Waals surface area contributed by atoms with E-state index in [9.17, 15) is 4.79 Å². The van der Waals surface area contributed by atoms with E-state index in [1.165, 1.54) is 69.8 Å². The number of thioether (sulfide) groups is 1. The third kappa shape index (κ3) is 3.27. The van der Waals surface area contributed by atoms with Crippen molar-refractivity contribution in [2.75, 3.05) is 5.75 Å². The lowest BCUT2D eigenvalue weighted by Crippen LogP contribution is -2.30. The molecule has 0 atom stereocenters. The van der Waals surface area contributed by atoms with Gasteiger partial charge in [0.15, 0.2) is 0 Å². The maximum absolute atomic E-state index is 11.4. The standard InChI is InChI=1S/C15H24OS/c16-11-15(9-12-1-2-12)7-5-14(6-8-15)17-10-13-3-4-13/h11-14H,1-10H2. The maximum atomic E-state index is 11.4. The highest BCUT2D eigenvalue weighted by molar-refractivity contribution is 7.99. The molecule has 17 heavy (non-hydrogen) atoms. The van der Waals surface area contributed by atoms with Gasteiger partial charge in [-0.2, -0.15) is 11.8 Å². The second-order valence-corrected chi connectivity index (χ2v) is 7.94. The summed E-state index contributed by atoms with van der Waals surface area (Å²) in [5.41, 5.74) is 0.0950. The minimum Gasteiger partial charge on any atom is -0.303 e. The Balaban J connectivity index is 1.45. The molecule has 0 aromatic carbocycles. The summed E-state index contributed by atoms with van der Waals surface area (Å²) >= 11 is 2.20. The smallest absolute Gasteiger partial charge is 0.126 e. The number of hydrogen-bond acceptors (Lipinski definition) is 2. The Morgan fingerprint density at radius 1 is 1.00 bits per heavy atom. The molecule has 0 amide bonds. The zero-order valence-corrected chi connectivity index (χ0v) is 11.5. The molecular weight excluding hydrogens is 228 g/mol. The van der Waals surface area contributed by atoms with Crippen molar-refractivity contribution < 1.29 is 4.79 Å². The van der Waals surface area contributed by atoms with Crippen LogP contribution in [0, 0.1) is 17.3 Å². The lowest BCUT2D eigenvalue weighted by molar-refractivity contribution is -0.118. The molecule has 1 nitrogen and oxygen atoms in total. The molecule has 3 aliphatic carbocycles. The van der Waals surface area contributed by atoms with E-state index < -0.39 is 0 Å². The Morgan fingerprint density at radius 2 is 1.65 bits per heavy atom. The number of carbonyl (C=O) groups excluding carboxylic acids is 1. The fourth-order valence-corrected chi connectivity index (χ4v) is 4.60. The second-order valence-electron chi connectivity index (χ2n) is 6.60. The summed E-state index contributed by atoms with van der Waals surface area (Å²) in [6, 6.07) is 0. The maximum Gasteiger partial charge on any atom is 0.126 e. The number of aldehydes is 1. The Labute approximate surface area is 109 Å². The summed E-state index contributed by atoms with van der Waals surface area (Å²) in [6.07, 6.45) is 13.2. The molecule has 0 spiro atoms. The predicted molar refractivity (Wildman–Crippen MR) is 73.3 cm³/mol. The van der Waals surface area contributed by atoms with Crippen LogP contribution in [-0.4, -0.2) is 17.3 Å². The third-order valence-electron chi connectivity index (χ3n) is 4.84. The molecule has 3 aliphatic rings. The van der Waals surface area contributed by atoms with E-state index in [2.05, 4.69) is 11.8 Å². The summed E-state index contributed by atoms with van der Waals surface area (Å²) in [6.45, 7) is 0. The molecular formula is C15H24OS. The van der Waals surface area contributed by atoms with E-state index in [1.807, 2.05) is 0 Å². The first kappa shape index (κ1) is 12.1. The van der Waals surface area contributed by atoms with E-state index >= 15 is 0 Å². The first-order valence-electron chi connectivity index (χ1n) is 7.38. The van der Waals surface area contributed by atoms with Gasteiger partial charge in [0.2, 0.25) is 0 Å². The highest BCUT2D eigenvalue weighted by Crippen LogP contribution is 2.48. The molecule has 0 heterocycles. The van der Waals surface area contributed by atoms with Crippen molar-refractivity contribution in [3.63, 3.8) is 0 Å². The predicted octanol–water partition coefficient (Wildman–Crippen LogP) is 4.06. The zero-order chi connectivity index (χ0) is 11.7. The summed E-state index contributed by atoms with van der Waals surface area (Å²) in [5, 5.41) is 0.864. The van der Waals surface area contributed by atoms with E-state index in [0.29, 0.717) is 0 Å². The number of carbonyl (C=O) groups is 1. The van der Waals surface area contributed by atoms with Crippen LogP contribution in [0.5, 0.6) is 0 Å². The van der Waals surface area contributed by atoms with Crippen LogP contribution in [0.15, 0.2) is 0 Å². The fraction of sp³-hybridized carbons (Fsp3) is 0.933. The summed E-state index contributed by atoms with van der Waals surface area (Å²) in [7, 11) is 0. The molecule has 0 radical (unpaired) electrons.